The van der Waals surface area contributed by atoms with E-state index >= 15 is 0 Å². The zero-order chi connectivity index (χ0) is 16.7. The summed E-state index contributed by atoms with van der Waals surface area (Å²) in [6.07, 6.45) is 4.61. The predicted octanol–water partition coefficient (Wildman–Crippen LogP) is 6.11. The molecule has 2 bridgehead atoms. The monoisotopic (exact) mass is 312 g/mol. The Hall–Kier alpha value is -2.40. The highest BCUT2D eigenvalue weighted by atomic mass is 14.7. The van der Waals surface area contributed by atoms with Gasteiger partial charge in [0.25, 0.3) is 0 Å². The fourth-order valence-electron chi connectivity index (χ4n) is 5.49. The molecule has 0 unspecified atom stereocenters. The third kappa shape index (κ3) is 1.36. The maximum Gasteiger partial charge on any atom is 0.195 e. The molecule has 2 heteroatoms. The van der Waals surface area contributed by atoms with Gasteiger partial charge in [0.2, 0.25) is 0 Å². The van der Waals surface area contributed by atoms with E-state index in [0.29, 0.717) is 5.92 Å². The van der Waals surface area contributed by atoms with Crippen LogP contribution in [0, 0.1) is 12.0 Å². The minimum absolute atomic E-state index is 0.177. The Morgan fingerprint density at radius 3 is 2.62 bits per heavy atom. The molecule has 0 spiro atoms. The topological polar surface area (TPSA) is 17.2 Å². The highest BCUT2D eigenvalue weighted by Gasteiger charge is 2.59. The molecule has 1 aromatic heterocycles. The molecule has 1 heterocycles. The summed E-state index contributed by atoms with van der Waals surface area (Å²) in [6, 6.07) is 10.3. The first-order valence-corrected chi connectivity index (χ1v) is 8.71. The summed E-state index contributed by atoms with van der Waals surface area (Å²) in [7, 11) is 0. The lowest BCUT2D eigenvalue weighted by Gasteiger charge is -2.36. The number of aromatic nitrogens is 1. The van der Waals surface area contributed by atoms with Gasteiger partial charge in [0.15, 0.2) is 5.69 Å². The molecule has 0 aliphatic heterocycles. The molecule has 3 aromatic rings. The second kappa shape index (κ2) is 4.16. The van der Waals surface area contributed by atoms with E-state index < -0.39 is 0 Å². The molecule has 2 aliphatic carbocycles. The van der Waals surface area contributed by atoms with E-state index in [1.54, 1.807) is 0 Å². The normalized spacial score (nSPS) is 26.7. The predicted molar refractivity (Wildman–Crippen MR) is 98.6 cm³/mol. The van der Waals surface area contributed by atoms with E-state index in [0.717, 1.165) is 22.0 Å². The van der Waals surface area contributed by atoms with Gasteiger partial charge in [0.05, 0.1) is 12.1 Å². The molecule has 0 N–H and O–H groups in total. The van der Waals surface area contributed by atoms with Crippen molar-refractivity contribution in [1.82, 2.24) is 4.98 Å². The fourth-order valence-corrected chi connectivity index (χ4v) is 5.49. The van der Waals surface area contributed by atoms with Crippen LogP contribution in [-0.2, 0) is 5.41 Å². The molecule has 2 aromatic carbocycles. The fraction of sp³-hybridized carbons (Fsp3) is 0.364. The van der Waals surface area contributed by atoms with Gasteiger partial charge in [-0.1, -0.05) is 45.0 Å². The smallest absolute Gasteiger partial charge is 0.195 e. The Labute approximate surface area is 142 Å². The molecule has 118 valence electrons. The molecule has 5 rings (SSSR count). The molecule has 0 amide bonds. The number of hydrogen-bond donors (Lipinski definition) is 0. The number of hydrogen-bond acceptors (Lipinski definition) is 1. The number of rotatable bonds is 0. The van der Waals surface area contributed by atoms with E-state index in [1.165, 1.54) is 29.4 Å². The number of nitrogens with zero attached hydrogens (tertiary/aromatic N) is 2. The van der Waals surface area contributed by atoms with Crippen LogP contribution in [0.3, 0.4) is 0 Å². The van der Waals surface area contributed by atoms with Crippen LogP contribution in [0.25, 0.3) is 26.5 Å². The Kier molecular flexibility index (Phi) is 2.43. The molecule has 1 fully saturated rings. The molecule has 0 saturated heterocycles. The Morgan fingerprint density at radius 1 is 1.12 bits per heavy atom. The van der Waals surface area contributed by atoms with Crippen LogP contribution in [0.1, 0.15) is 50.7 Å². The third-order valence-corrected chi connectivity index (χ3v) is 7.16. The Balaban J connectivity index is 2.00. The van der Waals surface area contributed by atoms with E-state index in [-0.39, 0.29) is 10.8 Å². The second-order valence-electron chi connectivity index (χ2n) is 8.18. The lowest BCUT2D eigenvalue weighted by atomic mass is 9.68. The zero-order valence-corrected chi connectivity index (χ0v) is 14.4. The van der Waals surface area contributed by atoms with Crippen molar-refractivity contribution in [2.75, 3.05) is 0 Å². The molecule has 0 radical (unpaired) electrons. The first-order valence-electron chi connectivity index (χ1n) is 8.71. The van der Waals surface area contributed by atoms with Crippen LogP contribution >= 0.6 is 0 Å². The van der Waals surface area contributed by atoms with Crippen molar-refractivity contribution in [3.63, 3.8) is 0 Å². The van der Waals surface area contributed by atoms with Crippen LogP contribution in [-0.4, -0.2) is 4.98 Å². The van der Waals surface area contributed by atoms with Gasteiger partial charge in [-0.3, -0.25) is 4.98 Å². The van der Waals surface area contributed by atoms with Gasteiger partial charge in [-0.15, -0.1) is 0 Å². The quantitative estimate of drug-likeness (QED) is 0.361. The minimum Gasteiger partial charge on any atom is -0.255 e. The minimum atomic E-state index is 0.177. The summed E-state index contributed by atoms with van der Waals surface area (Å²) in [5.41, 5.74) is 5.13. The average Bonchev–Trinajstić information content (AvgIpc) is 2.92. The van der Waals surface area contributed by atoms with Crippen LogP contribution in [0.15, 0.2) is 36.5 Å². The van der Waals surface area contributed by atoms with Crippen molar-refractivity contribution in [2.45, 2.75) is 44.9 Å². The Bertz CT molecular complexity index is 1070. The highest BCUT2D eigenvalue weighted by molar-refractivity contribution is 6.12. The van der Waals surface area contributed by atoms with Crippen LogP contribution in [0.2, 0.25) is 0 Å². The standard InChI is InChI=1S/C22H20N2/c1-21(2)17-9-10-22(21,3)19-15-11-18(23-4)13-7-5-6-8-14(13)20(15)24-12-16(17)19/h5-8,11-12,17H,9-10H2,1-3H3/t17-,22+/m1/s1. The van der Waals surface area contributed by atoms with Gasteiger partial charge < -0.3 is 0 Å². The Morgan fingerprint density at radius 2 is 1.88 bits per heavy atom. The van der Waals surface area contributed by atoms with Crippen molar-refractivity contribution >= 4 is 27.4 Å². The first-order chi connectivity index (χ1) is 11.5. The van der Waals surface area contributed by atoms with Crippen molar-refractivity contribution in [2.24, 2.45) is 5.41 Å². The molecule has 24 heavy (non-hydrogen) atoms. The second-order valence-corrected chi connectivity index (χ2v) is 8.18. The van der Waals surface area contributed by atoms with Crippen LogP contribution in [0.4, 0.5) is 5.69 Å². The largest absolute Gasteiger partial charge is 0.255 e. The van der Waals surface area contributed by atoms with Crippen LogP contribution in [0.5, 0.6) is 0 Å². The van der Waals surface area contributed by atoms with Gasteiger partial charge in [-0.2, -0.15) is 0 Å². The summed E-state index contributed by atoms with van der Waals surface area (Å²) < 4.78 is 0. The number of fused-ring (bicyclic) bond motifs is 9. The van der Waals surface area contributed by atoms with Gasteiger partial charge in [-0.05, 0) is 62.9 Å². The summed E-state index contributed by atoms with van der Waals surface area (Å²) in [5.74, 6) is 0.595. The summed E-state index contributed by atoms with van der Waals surface area (Å²) in [5, 5.41) is 3.32. The van der Waals surface area contributed by atoms with E-state index in [9.17, 15) is 0 Å². The van der Waals surface area contributed by atoms with Gasteiger partial charge in [0, 0.05) is 6.20 Å². The van der Waals surface area contributed by atoms with Gasteiger partial charge >= 0.3 is 0 Å². The zero-order valence-electron chi connectivity index (χ0n) is 14.4. The van der Waals surface area contributed by atoms with Gasteiger partial charge in [0.1, 0.15) is 0 Å². The maximum absolute atomic E-state index is 7.63. The van der Waals surface area contributed by atoms with Crippen molar-refractivity contribution in [3.05, 3.63) is 59.1 Å². The van der Waals surface area contributed by atoms with Crippen LogP contribution < -0.4 is 0 Å². The lowest BCUT2D eigenvalue weighted by molar-refractivity contribution is 0.232. The van der Waals surface area contributed by atoms with Crippen molar-refractivity contribution in [3.8, 4) is 0 Å². The molecule has 1 saturated carbocycles. The van der Waals surface area contributed by atoms with Crippen molar-refractivity contribution < 1.29 is 0 Å². The molecule has 2 aliphatic rings. The lowest BCUT2D eigenvalue weighted by Crippen LogP contribution is -2.31. The average molecular weight is 312 g/mol. The molecule has 2 atom stereocenters. The van der Waals surface area contributed by atoms with Crippen molar-refractivity contribution in [1.29, 1.82) is 0 Å². The first kappa shape index (κ1) is 14.0. The number of pyridine rings is 1. The number of benzene rings is 2. The summed E-state index contributed by atoms with van der Waals surface area (Å²) >= 11 is 0. The van der Waals surface area contributed by atoms with E-state index in [4.69, 9.17) is 11.6 Å². The summed E-state index contributed by atoms with van der Waals surface area (Å²) in [4.78, 5) is 8.69. The maximum atomic E-state index is 7.63. The molecule has 2 nitrogen and oxygen atoms in total. The third-order valence-electron chi connectivity index (χ3n) is 7.16. The SMILES string of the molecule is [C-]#[N+]c1cc2c3c(cnc2c2ccccc12)[C@H]1CC[C@]3(C)C1(C)C. The summed E-state index contributed by atoms with van der Waals surface area (Å²) in [6.45, 7) is 14.9. The van der Waals surface area contributed by atoms with Gasteiger partial charge in [-0.25, -0.2) is 4.85 Å². The van der Waals surface area contributed by atoms with E-state index in [2.05, 4.69) is 43.9 Å². The highest BCUT2D eigenvalue weighted by Crippen LogP contribution is 2.68. The van der Waals surface area contributed by atoms with E-state index in [1.807, 2.05) is 18.2 Å². The molecular formula is C22H20N2. The molecular weight excluding hydrogens is 292 g/mol.